The van der Waals surface area contributed by atoms with Crippen LogP contribution < -0.4 is 5.32 Å². The standard InChI is InChI=1S/C12H15BrFNO2/c1-12(2,7-16)6-15-11(17)8-3-4-9(13)10(14)5-8/h3-5,16H,6-7H2,1-2H3,(H,15,17). The van der Waals surface area contributed by atoms with Gasteiger partial charge in [0.15, 0.2) is 0 Å². The molecule has 0 aliphatic carbocycles. The number of amides is 1. The van der Waals surface area contributed by atoms with Crippen LogP contribution in [0.1, 0.15) is 24.2 Å². The molecule has 0 atom stereocenters. The number of aliphatic hydroxyl groups excluding tert-OH is 1. The molecular weight excluding hydrogens is 289 g/mol. The Balaban J connectivity index is 2.68. The van der Waals surface area contributed by atoms with E-state index in [4.69, 9.17) is 5.11 Å². The predicted octanol–water partition coefficient (Wildman–Crippen LogP) is 2.34. The predicted molar refractivity (Wildman–Crippen MR) is 67.3 cm³/mol. The fourth-order valence-corrected chi connectivity index (χ4v) is 1.36. The van der Waals surface area contributed by atoms with E-state index in [1.807, 2.05) is 13.8 Å². The Kier molecular flexibility index (Phi) is 4.65. The average Bonchev–Trinajstić information content (AvgIpc) is 2.30. The van der Waals surface area contributed by atoms with Gasteiger partial charge < -0.3 is 10.4 Å². The zero-order chi connectivity index (χ0) is 13.1. The van der Waals surface area contributed by atoms with Gasteiger partial charge in [0.1, 0.15) is 5.82 Å². The molecule has 1 amide bonds. The van der Waals surface area contributed by atoms with Gasteiger partial charge in [-0.05, 0) is 34.1 Å². The number of carbonyl (C=O) groups is 1. The van der Waals surface area contributed by atoms with Crippen molar-refractivity contribution in [2.75, 3.05) is 13.2 Å². The summed E-state index contributed by atoms with van der Waals surface area (Å²) in [6.07, 6.45) is 0. The van der Waals surface area contributed by atoms with Crippen molar-refractivity contribution in [3.05, 3.63) is 34.1 Å². The Bertz CT molecular complexity index is 421. The van der Waals surface area contributed by atoms with Crippen LogP contribution >= 0.6 is 15.9 Å². The fourth-order valence-electron chi connectivity index (χ4n) is 1.11. The number of hydrogen-bond acceptors (Lipinski definition) is 2. The van der Waals surface area contributed by atoms with Crippen LogP contribution in [-0.4, -0.2) is 24.2 Å². The topological polar surface area (TPSA) is 49.3 Å². The van der Waals surface area contributed by atoms with Gasteiger partial charge in [0.2, 0.25) is 0 Å². The summed E-state index contributed by atoms with van der Waals surface area (Å²) in [6, 6.07) is 4.20. The summed E-state index contributed by atoms with van der Waals surface area (Å²) < 4.78 is 13.5. The van der Waals surface area contributed by atoms with Gasteiger partial charge in [-0.1, -0.05) is 13.8 Å². The van der Waals surface area contributed by atoms with E-state index >= 15 is 0 Å². The van der Waals surface area contributed by atoms with Gasteiger partial charge in [0.25, 0.3) is 5.91 Å². The van der Waals surface area contributed by atoms with Crippen molar-refractivity contribution in [1.82, 2.24) is 5.32 Å². The normalized spacial score (nSPS) is 11.4. The SMILES string of the molecule is CC(C)(CO)CNC(=O)c1ccc(Br)c(F)c1. The highest BCUT2D eigenvalue weighted by Crippen LogP contribution is 2.17. The van der Waals surface area contributed by atoms with E-state index in [1.54, 1.807) is 0 Å². The molecule has 5 heteroatoms. The Labute approximate surface area is 108 Å². The summed E-state index contributed by atoms with van der Waals surface area (Å²) in [7, 11) is 0. The lowest BCUT2D eigenvalue weighted by molar-refractivity contribution is 0.0910. The quantitative estimate of drug-likeness (QED) is 0.897. The van der Waals surface area contributed by atoms with Crippen molar-refractivity contribution in [3.8, 4) is 0 Å². The zero-order valence-electron chi connectivity index (χ0n) is 9.76. The lowest BCUT2D eigenvalue weighted by atomic mass is 9.95. The van der Waals surface area contributed by atoms with Gasteiger partial charge in [0.05, 0.1) is 4.47 Å². The van der Waals surface area contributed by atoms with Crippen LogP contribution in [0.2, 0.25) is 0 Å². The highest BCUT2D eigenvalue weighted by molar-refractivity contribution is 9.10. The fraction of sp³-hybridized carbons (Fsp3) is 0.417. The minimum absolute atomic E-state index is 0.0258. The number of nitrogens with one attached hydrogen (secondary N) is 1. The third-order valence-corrected chi connectivity index (χ3v) is 2.98. The summed E-state index contributed by atoms with van der Waals surface area (Å²) in [5.41, 5.74) is -0.122. The molecule has 17 heavy (non-hydrogen) atoms. The minimum Gasteiger partial charge on any atom is -0.396 e. The number of halogens is 2. The Morgan fingerprint density at radius 3 is 2.71 bits per heavy atom. The van der Waals surface area contributed by atoms with Crippen LogP contribution in [0.4, 0.5) is 4.39 Å². The molecule has 0 bridgehead atoms. The summed E-state index contributed by atoms with van der Waals surface area (Å²) in [6.45, 7) is 3.97. The van der Waals surface area contributed by atoms with Crippen molar-refractivity contribution in [2.45, 2.75) is 13.8 Å². The van der Waals surface area contributed by atoms with Crippen LogP contribution in [0.3, 0.4) is 0 Å². The number of benzene rings is 1. The summed E-state index contributed by atoms with van der Waals surface area (Å²) in [4.78, 5) is 11.7. The lowest BCUT2D eigenvalue weighted by Crippen LogP contribution is -2.36. The second kappa shape index (κ2) is 5.60. The monoisotopic (exact) mass is 303 g/mol. The largest absolute Gasteiger partial charge is 0.396 e. The minimum atomic E-state index is -0.473. The van der Waals surface area contributed by atoms with Gasteiger partial charge >= 0.3 is 0 Å². The maximum Gasteiger partial charge on any atom is 0.251 e. The van der Waals surface area contributed by atoms with Crippen LogP contribution in [0.15, 0.2) is 22.7 Å². The number of hydrogen-bond donors (Lipinski definition) is 2. The maximum atomic E-state index is 13.2. The molecule has 1 rings (SSSR count). The molecule has 0 aromatic heterocycles. The first-order valence-corrected chi connectivity index (χ1v) is 5.99. The molecular formula is C12H15BrFNO2. The number of rotatable bonds is 4. The van der Waals surface area contributed by atoms with Crippen molar-refractivity contribution in [2.24, 2.45) is 5.41 Å². The third-order valence-electron chi connectivity index (χ3n) is 2.34. The van der Waals surface area contributed by atoms with Crippen LogP contribution in [0.25, 0.3) is 0 Å². The molecule has 0 unspecified atom stereocenters. The number of aliphatic hydroxyl groups is 1. The van der Waals surface area contributed by atoms with Crippen LogP contribution in [-0.2, 0) is 0 Å². The van der Waals surface area contributed by atoms with E-state index in [9.17, 15) is 9.18 Å². The lowest BCUT2D eigenvalue weighted by Gasteiger charge is -2.21. The van der Waals surface area contributed by atoms with Crippen LogP contribution in [0, 0.1) is 11.2 Å². The van der Waals surface area contributed by atoms with Crippen molar-refractivity contribution >= 4 is 21.8 Å². The first kappa shape index (κ1) is 14.1. The highest BCUT2D eigenvalue weighted by Gasteiger charge is 2.18. The van der Waals surface area contributed by atoms with E-state index in [1.165, 1.54) is 18.2 Å². The molecule has 0 saturated carbocycles. The average molecular weight is 304 g/mol. The summed E-state index contributed by atoms with van der Waals surface area (Å²) in [5, 5.41) is 11.7. The Morgan fingerprint density at radius 2 is 2.18 bits per heavy atom. The number of carbonyl (C=O) groups excluding carboxylic acids is 1. The summed E-state index contributed by atoms with van der Waals surface area (Å²) in [5.74, 6) is -0.822. The first-order chi connectivity index (χ1) is 7.85. The molecule has 0 spiro atoms. The van der Waals surface area contributed by atoms with Gasteiger partial charge in [-0.25, -0.2) is 4.39 Å². The van der Waals surface area contributed by atoms with E-state index in [0.29, 0.717) is 11.0 Å². The molecule has 3 nitrogen and oxygen atoms in total. The van der Waals surface area contributed by atoms with Gasteiger partial charge in [0, 0.05) is 24.1 Å². The first-order valence-electron chi connectivity index (χ1n) is 5.20. The Morgan fingerprint density at radius 1 is 1.53 bits per heavy atom. The molecule has 0 heterocycles. The summed E-state index contributed by atoms with van der Waals surface area (Å²) >= 11 is 3.02. The molecule has 0 saturated heterocycles. The zero-order valence-corrected chi connectivity index (χ0v) is 11.3. The molecule has 0 fully saturated rings. The van der Waals surface area contributed by atoms with Crippen molar-refractivity contribution < 1.29 is 14.3 Å². The molecule has 1 aromatic carbocycles. The second-order valence-corrected chi connectivity index (χ2v) is 5.49. The second-order valence-electron chi connectivity index (χ2n) is 4.63. The van der Waals surface area contributed by atoms with E-state index < -0.39 is 5.82 Å². The van der Waals surface area contributed by atoms with Crippen LogP contribution in [0.5, 0.6) is 0 Å². The molecule has 2 N–H and O–H groups in total. The molecule has 0 aliphatic rings. The molecule has 1 aromatic rings. The highest BCUT2D eigenvalue weighted by atomic mass is 79.9. The van der Waals surface area contributed by atoms with Gasteiger partial charge in [-0.15, -0.1) is 0 Å². The van der Waals surface area contributed by atoms with Crippen molar-refractivity contribution in [3.63, 3.8) is 0 Å². The van der Waals surface area contributed by atoms with E-state index in [2.05, 4.69) is 21.2 Å². The molecule has 0 radical (unpaired) electrons. The van der Waals surface area contributed by atoms with Gasteiger partial charge in [-0.3, -0.25) is 4.79 Å². The maximum absolute atomic E-state index is 13.2. The van der Waals surface area contributed by atoms with Gasteiger partial charge in [-0.2, -0.15) is 0 Å². The molecule has 94 valence electrons. The van der Waals surface area contributed by atoms with E-state index in [0.717, 1.165) is 0 Å². The smallest absolute Gasteiger partial charge is 0.251 e. The van der Waals surface area contributed by atoms with Crippen molar-refractivity contribution in [1.29, 1.82) is 0 Å². The Hall–Kier alpha value is -0.940. The molecule has 0 aliphatic heterocycles. The van der Waals surface area contributed by atoms with E-state index in [-0.39, 0.29) is 23.5 Å². The third kappa shape index (κ3) is 4.09.